The molecule has 0 spiro atoms. The highest BCUT2D eigenvalue weighted by atomic mass is 79.9. The highest BCUT2D eigenvalue weighted by Gasteiger charge is 2.29. The third kappa shape index (κ3) is 4.48. The quantitative estimate of drug-likeness (QED) is 0.791. The van der Waals surface area contributed by atoms with Crippen LogP contribution in [0.25, 0.3) is 0 Å². The maximum atomic E-state index is 13.1. The van der Waals surface area contributed by atoms with Crippen LogP contribution in [0.1, 0.15) is 38.5 Å². The predicted octanol–water partition coefficient (Wildman–Crippen LogP) is 2.92. The van der Waals surface area contributed by atoms with Gasteiger partial charge in [-0.2, -0.15) is 0 Å². The smallest absolute Gasteiger partial charge is 0.241 e. The molecule has 0 radical (unpaired) electrons. The second-order valence-electron chi connectivity index (χ2n) is 5.68. The maximum absolute atomic E-state index is 13.1. The molecule has 1 aliphatic carbocycles. The lowest BCUT2D eigenvalue weighted by Crippen LogP contribution is -2.49. The third-order valence-corrected chi connectivity index (χ3v) is 6.27. The van der Waals surface area contributed by atoms with Crippen LogP contribution in [0, 0.1) is 5.82 Å². The van der Waals surface area contributed by atoms with Gasteiger partial charge < -0.3 is 5.73 Å². The predicted molar refractivity (Wildman–Crippen MR) is 83.9 cm³/mol. The van der Waals surface area contributed by atoms with Gasteiger partial charge in [0, 0.05) is 16.6 Å². The molecular weight excluding hydrogens is 359 g/mol. The summed E-state index contributed by atoms with van der Waals surface area (Å²) in [5, 5.41) is 0. The minimum atomic E-state index is -3.70. The number of hydrogen-bond acceptors (Lipinski definition) is 3. The Morgan fingerprint density at radius 1 is 1.24 bits per heavy atom. The zero-order valence-corrected chi connectivity index (χ0v) is 14.1. The molecule has 0 amide bonds. The van der Waals surface area contributed by atoms with E-state index in [2.05, 4.69) is 20.7 Å². The molecule has 7 heteroatoms. The monoisotopic (exact) mass is 378 g/mol. The van der Waals surface area contributed by atoms with Gasteiger partial charge in [0.25, 0.3) is 0 Å². The molecule has 1 fully saturated rings. The summed E-state index contributed by atoms with van der Waals surface area (Å²) in [7, 11) is -3.70. The first-order chi connectivity index (χ1) is 9.82. The summed E-state index contributed by atoms with van der Waals surface area (Å²) in [6.07, 6.45) is 5.99. The average Bonchev–Trinajstić information content (AvgIpc) is 2.62. The lowest BCUT2D eigenvalue weighted by molar-refractivity contribution is 0.369. The van der Waals surface area contributed by atoms with Crippen molar-refractivity contribution in [3.8, 4) is 0 Å². The van der Waals surface area contributed by atoms with E-state index in [0.717, 1.165) is 50.7 Å². The molecule has 0 bridgehead atoms. The van der Waals surface area contributed by atoms with Crippen molar-refractivity contribution in [3.63, 3.8) is 0 Å². The van der Waals surface area contributed by atoms with E-state index in [1.807, 2.05) is 0 Å². The van der Waals surface area contributed by atoms with Crippen molar-refractivity contribution in [2.45, 2.75) is 49.0 Å². The fourth-order valence-electron chi connectivity index (χ4n) is 2.62. The molecule has 1 saturated carbocycles. The Balaban J connectivity index is 2.10. The fraction of sp³-hybridized carbons (Fsp3) is 0.571. The molecule has 4 nitrogen and oxygen atoms in total. The van der Waals surface area contributed by atoms with Gasteiger partial charge in [-0.15, -0.1) is 0 Å². The third-order valence-electron chi connectivity index (χ3n) is 3.90. The summed E-state index contributed by atoms with van der Waals surface area (Å²) in [6, 6.07) is 3.51. The summed E-state index contributed by atoms with van der Waals surface area (Å²) in [4.78, 5) is 0.0288. The van der Waals surface area contributed by atoms with Gasteiger partial charge in [-0.3, -0.25) is 0 Å². The molecule has 0 aromatic heterocycles. The molecule has 3 N–H and O–H groups in total. The van der Waals surface area contributed by atoms with Gasteiger partial charge in [0.1, 0.15) is 5.82 Å². The first-order valence-corrected chi connectivity index (χ1v) is 9.34. The number of benzene rings is 1. The molecule has 0 saturated heterocycles. The molecule has 21 heavy (non-hydrogen) atoms. The van der Waals surface area contributed by atoms with Crippen molar-refractivity contribution >= 4 is 26.0 Å². The SMILES string of the molecule is NC1(CNS(=O)(=O)c2ccc(F)cc2Br)CCCCCC1. The van der Waals surface area contributed by atoms with E-state index in [-0.39, 0.29) is 15.9 Å². The van der Waals surface area contributed by atoms with E-state index in [1.54, 1.807) is 0 Å². The maximum Gasteiger partial charge on any atom is 0.241 e. The summed E-state index contributed by atoms with van der Waals surface area (Å²) in [5.74, 6) is -0.486. The Labute approximate surface area is 133 Å². The number of nitrogens with one attached hydrogen (secondary N) is 1. The van der Waals surface area contributed by atoms with E-state index < -0.39 is 21.4 Å². The van der Waals surface area contributed by atoms with Crippen molar-refractivity contribution < 1.29 is 12.8 Å². The van der Waals surface area contributed by atoms with Gasteiger partial charge in [0.15, 0.2) is 0 Å². The summed E-state index contributed by atoms with van der Waals surface area (Å²) in [6.45, 7) is 0.207. The van der Waals surface area contributed by atoms with Crippen LogP contribution in [0.4, 0.5) is 4.39 Å². The molecule has 0 unspecified atom stereocenters. The Hall–Kier alpha value is -0.500. The van der Waals surface area contributed by atoms with Gasteiger partial charge in [-0.1, -0.05) is 25.7 Å². The van der Waals surface area contributed by atoms with Crippen LogP contribution in [-0.4, -0.2) is 20.5 Å². The van der Waals surface area contributed by atoms with Gasteiger partial charge in [-0.05, 0) is 47.0 Å². The largest absolute Gasteiger partial charge is 0.324 e. The highest BCUT2D eigenvalue weighted by Crippen LogP contribution is 2.26. The Morgan fingerprint density at radius 3 is 2.43 bits per heavy atom. The van der Waals surface area contributed by atoms with Gasteiger partial charge in [0.2, 0.25) is 10.0 Å². The fourth-order valence-corrected chi connectivity index (χ4v) is 4.81. The van der Waals surface area contributed by atoms with Crippen LogP contribution in [0.15, 0.2) is 27.6 Å². The molecular formula is C14H20BrFN2O2S. The lowest BCUT2D eigenvalue weighted by atomic mass is 9.92. The zero-order valence-electron chi connectivity index (χ0n) is 11.7. The van der Waals surface area contributed by atoms with Crippen LogP contribution >= 0.6 is 15.9 Å². The van der Waals surface area contributed by atoms with Gasteiger partial charge >= 0.3 is 0 Å². The number of nitrogens with two attached hydrogens (primary N) is 1. The van der Waals surface area contributed by atoms with Gasteiger partial charge in [0.05, 0.1) is 4.90 Å². The summed E-state index contributed by atoms with van der Waals surface area (Å²) >= 11 is 3.08. The minimum Gasteiger partial charge on any atom is -0.324 e. The van der Waals surface area contributed by atoms with E-state index >= 15 is 0 Å². The van der Waals surface area contributed by atoms with Crippen LogP contribution < -0.4 is 10.5 Å². The Bertz CT molecular complexity index is 599. The second kappa shape index (κ2) is 6.73. The van der Waals surface area contributed by atoms with Crippen molar-refractivity contribution in [1.29, 1.82) is 0 Å². The topological polar surface area (TPSA) is 72.2 Å². The normalized spacial score (nSPS) is 19.2. The molecule has 0 atom stereocenters. The molecule has 0 heterocycles. The minimum absolute atomic E-state index is 0.0288. The van der Waals surface area contributed by atoms with E-state index in [4.69, 9.17) is 5.73 Å². The van der Waals surface area contributed by atoms with Crippen molar-refractivity contribution in [2.75, 3.05) is 6.54 Å². The first-order valence-electron chi connectivity index (χ1n) is 7.06. The second-order valence-corrected chi connectivity index (χ2v) is 8.27. The first kappa shape index (κ1) is 16.9. The standard InChI is InChI=1S/C14H20BrFN2O2S/c15-12-9-11(16)5-6-13(12)21(19,20)18-10-14(17)7-3-1-2-4-8-14/h5-6,9,18H,1-4,7-8,10,17H2. The van der Waals surface area contributed by atoms with E-state index in [0.29, 0.717) is 0 Å². The number of hydrogen-bond donors (Lipinski definition) is 2. The lowest BCUT2D eigenvalue weighted by Gasteiger charge is -2.28. The van der Waals surface area contributed by atoms with E-state index in [1.165, 1.54) is 6.07 Å². The summed E-state index contributed by atoms with van der Waals surface area (Å²) in [5.41, 5.74) is 5.82. The zero-order chi connectivity index (χ0) is 15.5. The van der Waals surface area contributed by atoms with Crippen LogP contribution in [-0.2, 0) is 10.0 Å². The average molecular weight is 379 g/mol. The number of rotatable bonds is 4. The highest BCUT2D eigenvalue weighted by molar-refractivity contribution is 9.10. The Morgan fingerprint density at radius 2 is 1.86 bits per heavy atom. The molecule has 0 aliphatic heterocycles. The number of halogens is 2. The van der Waals surface area contributed by atoms with Crippen molar-refractivity contribution in [2.24, 2.45) is 5.73 Å². The molecule has 1 aliphatic rings. The van der Waals surface area contributed by atoms with Crippen LogP contribution in [0.5, 0.6) is 0 Å². The Kier molecular flexibility index (Phi) is 5.40. The molecule has 118 valence electrons. The van der Waals surface area contributed by atoms with Crippen LogP contribution in [0.2, 0.25) is 0 Å². The van der Waals surface area contributed by atoms with E-state index in [9.17, 15) is 12.8 Å². The number of sulfonamides is 1. The molecule has 1 aromatic carbocycles. The molecule has 1 aromatic rings. The van der Waals surface area contributed by atoms with Crippen molar-refractivity contribution in [3.05, 3.63) is 28.5 Å². The van der Waals surface area contributed by atoms with Gasteiger partial charge in [-0.25, -0.2) is 17.5 Å². The van der Waals surface area contributed by atoms with Crippen LogP contribution in [0.3, 0.4) is 0 Å². The van der Waals surface area contributed by atoms with Crippen molar-refractivity contribution in [1.82, 2.24) is 4.72 Å². The molecule has 2 rings (SSSR count). The summed E-state index contributed by atoms with van der Waals surface area (Å²) < 4.78 is 40.5.